The molecule has 0 spiro atoms. The molecule has 0 aliphatic rings. The number of aryl methyl sites for hydroxylation is 1. The van der Waals surface area contributed by atoms with E-state index < -0.39 is 11.8 Å². The maximum atomic E-state index is 11.7. The van der Waals surface area contributed by atoms with Crippen molar-refractivity contribution in [3.05, 3.63) is 60.2 Å². The van der Waals surface area contributed by atoms with Crippen LogP contribution >= 0.6 is 0 Å². The van der Waals surface area contributed by atoms with Crippen molar-refractivity contribution in [1.29, 1.82) is 0 Å². The molecule has 4 nitrogen and oxygen atoms in total. The van der Waals surface area contributed by atoms with E-state index in [2.05, 4.69) is 17.6 Å². The maximum absolute atomic E-state index is 11.7. The van der Waals surface area contributed by atoms with Crippen LogP contribution in [0.2, 0.25) is 0 Å². The summed E-state index contributed by atoms with van der Waals surface area (Å²) in [5.41, 5.74) is 2.38. The third kappa shape index (κ3) is 3.68. The molecule has 2 N–H and O–H groups in total. The number of carbonyl (C=O) groups excluding carboxylic acids is 2. The van der Waals surface area contributed by atoms with Gasteiger partial charge in [0.05, 0.1) is 0 Å². The summed E-state index contributed by atoms with van der Waals surface area (Å²) in [7, 11) is 0. The molecular weight excluding hydrogens is 252 g/mol. The first-order valence-corrected chi connectivity index (χ1v) is 6.45. The second kappa shape index (κ2) is 6.52. The topological polar surface area (TPSA) is 58.2 Å². The van der Waals surface area contributed by atoms with Crippen LogP contribution in [-0.2, 0) is 16.0 Å². The van der Waals surface area contributed by atoms with Gasteiger partial charge >= 0.3 is 11.8 Å². The lowest BCUT2D eigenvalue weighted by atomic mass is 10.1. The summed E-state index contributed by atoms with van der Waals surface area (Å²) in [4.78, 5) is 23.5. The first-order valence-electron chi connectivity index (χ1n) is 6.45. The van der Waals surface area contributed by atoms with Gasteiger partial charge in [-0.2, -0.15) is 0 Å². The zero-order valence-corrected chi connectivity index (χ0v) is 11.2. The Morgan fingerprint density at radius 1 is 0.800 bits per heavy atom. The number of benzene rings is 2. The van der Waals surface area contributed by atoms with Crippen LogP contribution in [0.15, 0.2) is 54.6 Å². The molecule has 0 saturated heterocycles. The fraction of sp³-hybridized carbons (Fsp3) is 0.125. The number of hydrogen-bond donors (Lipinski definition) is 2. The molecule has 2 aromatic carbocycles. The quantitative estimate of drug-likeness (QED) is 0.841. The minimum absolute atomic E-state index is 0.592. The van der Waals surface area contributed by atoms with Gasteiger partial charge in [0.25, 0.3) is 0 Å². The second-order valence-electron chi connectivity index (χ2n) is 4.32. The monoisotopic (exact) mass is 268 g/mol. The Kier molecular flexibility index (Phi) is 4.50. The highest BCUT2D eigenvalue weighted by atomic mass is 16.2. The normalized spacial score (nSPS) is 9.85. The summed E-state index contributed by atoms with van der Waals surface area (Å²) in [6, 6.07) is 16.3. The zero-order valence-electron chi connectivity index (χ0n) is 11.2. The Bertz CT molecular complexity index is 592. The standard InChI is InChI=1S/C16H16N2O2/c1-2-12-8-10-14(11-9-12)18-16(20)15(19)17-13-6-4-3-5-7-13/h3-11H,2H2,1H3,(H,17,19)(H,18,20). The molecule has 4 heteroatoms. The van der Waals surface area contributed by atoms with Crippen molar-refractivity contribution in [1.82, 2.24) is 0 Å². The molecule has 2 rings (SSSR count). The Morgan fingerprint density at radius 2 is 1.30 bits per heavy atom. The van der Waals surface area contributed by atoms with Crippen LogP contribution in [0.4, 0.5) is 11.4 Å². The first kappa shape index (κ1) is 13.8. The van der Waals surface area contributed by atoms with Crippen molar-refractivity contribution in [2.75, 3.05) is 10.6 Å². The van der Waals surface area contributed by atoms with E-state index in [0.29, 0.717) is 11.4 Å². The predicted molar refractivity (Wildman–Crippen MR) is 79.5 cm³/mol. The van der Waals surface area contributed by atoms with Gasteiger partial charge in [0.2, 0.25) is 0 Å². The molecule has 0 aromatic heterocycles. The lowest BCUT2D eigenvalue weighted by Gasteiger charge is -2.07. The minimum Gasteiger partial charge on any atom is -0.318 e. The maximum Gasteiger partial charge on any atom is 0.314 e. The number of hydrogen-bond acceptors (Lipinski definition) is 2. The lowest BCUT2D eigenvalue weighted by Crippen LogP contribution is -2.29. The Morgan fingerprint density at radius 3 is 1.80 bits per heavy atom. The predicted octanol–water partition coefficient (Wildman–Crippen LogP) is 2.83. The van der Waals surface area contributed by atoms with E-state index >= 15 is 0 Å². The van der Waals surface area contributed by atoms with Gasteiger partial charge in [-0.3, -0.25) is 9.59 Å². The van der Waals surface area contributed by atoms with E-state index in [1.165, 1.54) is 5.56 Å². The molecule has 0 unspecified atom stereocenters. The number of nitrogens with one attached hydrogen (secondary N) is 2. The molecule has 0 saturated carbocycles. The molecule has 0 fully saturated rings. The van der Waals surface area contributed by atoms with Crippen molar-refractivity contribution in [2.45, 2.75) is 13.3 Å². The SMILES string of the molecule is CCc1ccc(NC(=O)C(=O)Nc2ccccc2)cc1. The Labute approximate surface area is 117 Å². The van der Waals surface area contributed by atoms with E-state index in [1.54, 1.807) is 36.4 Å². The number of amides is 2. The van der Waals surface area contributed by atoms with Crippen molar-refractivity contribution in [2.24, 2.45) is 0 Å². The van der Waals surface area contributed by atoms with Crippen molar-refractivity contribution < 1.29 is 9.59 Å². The highest BCUT2D eigenvalue weighted by Crippen LogP contribution is 2.10. The summed E-state index contributed by atoms with van der Waals surface area (Å²) in [6.07, 6.45) is 0.933. The molecule has 0 heterocycles. The van der Waals surface area contributed by atoms with Gasteiger partial charge < -0.3 is 10.6 Å². The van der Waals surface area contributed by atoms with Crippen LogP contribution in [0.5, 0.6) is 0 Å². The number of rotatable bonds is 3. The largest absolute Gasteiger partial charge is 0.318 e. The van der Waals surface area contributed by atoms with Crippen molar-refractivity contribution in [3.8, 4) is 0 Å². The molecule has 0 aliphatic carbocycles. The minimum atomic E-state index is -0.684. The van der Waals surface area contributed by atoms with Crippen LogP contribution in [0, 0.1) is 0 Å². The summed E-state index contributed by atoms with van der Waals surface area (Å²) in [5, 5.41) is 5.10. The molecule has 20 heavy (non-hydrogen) atoms. The van der Waals surface area contributed by atoms with Crippen LogP contribution in [0.3, 0.4) is 0 Å². The van der Waals surface area contributed by atoms with Gasteiger partial charge in [-0.05, 0) is 36.2 Å². The molecule has 0 bridgehead atoms. The van der Waals surface area contributed by atoms with E-state index in [0.717, 1.165) is 6.42 Å². The molecule has 102 valence electrons. The molecular formula is C16H16N2O2. The van der Waals surface area contributed by atoms with E-state index in [1.807, 2.05) is 18.2 Å². The molecule has 2 aromatic rings. The third-order valence-corrected chi connectivity index (χ3v) is 2.86. The zero-order chi connectivity index (χ0) is 14.4. The summed E-state index contributed by atoms with van der Waals surface area (Å²) in [6.45, 7) is 2.06. The Hall–Kier alpha value is -2.62. The van der Waals surface area contributed by atoms with Gasteiger partial charge in [0.1, 0.15) is 0 Å². The molecule has 2 amide bonds. The smallest absolute Gasteiger partial charge is 0.314 e. The highest BCUT2D eigenvalue weighted by molar-refractivity contribution is 6.43. The van der Waals surface area contributed by atoms with Gasteiger partial charge in [-0.25, -0.2) is 0 Å². The second-order valence-corrected chi connectivity index (χ2v) is 4.32. The molecule has 0 aliphatic heterocycles. The molecule has 0 radical (unpaired) electrons. The third-order valence-electron chi connectivity index (χ3n) is 2.86. The van der Waals surface area contributed by atoms with Crippen LogP contribution in [0.25, 0.3) is 0 Å². The van der Waals surface area contributed by atoms with Crippen molar-refractivity contribution >= 4 is 23.2 Å². The highest BCUT2D eigenvalue weighted by Gasteiger charge is 2.13. The first-order chi connectivity index (χ1) is 9.69. The summed E-state index contributed by atoms with van der Waals surface area (Å²) < 4.78 is 0. The fourth-order valence-corrected chi connectivity index (χ4v) is 1.72. The van der Waals surface area contributed by atoms with E-state index in [9.17, 15) is 9.59 Å². The van der Waals surface area contributed by atoms with Gasteiger partial charge in [-0.15, -0.1) is 0 Å². The number of para-hydroxylation sites is 1. The van der Waals surface area contributed by atoms with Crippen molar-refractivity contribution in [3.63, 3.8) is 0 Å². The summed E-state index contributed by atoms with van der Waals surface area (Å²) in [5.74, 6) is -1.37. The summed E-state index contributed by atoms with van der Waals surface area (Å²) >= 11 is 0. The van der Waals surface area contributed by atoms with Gasteiger partial charge in [-0.1, -0.05) is 37.3 Å². The van der Waals surface area contributed by atoms with Crippen LogP contribution < -0.4 is 10.6 Å². The fourth-order valence-electron chi connectivity index (χ4n) is 1.72. The van der Waals surface area contributed by atoms with Gasteiger partial charge in [0, 0.05) is 11.4 Å². The van der Waals surface area contributed by atoms with Crippen LogP contribution in [0.1, 0.15) is 12.5 Å². The average Bonchev–Trinajstić information content (AvgIpc) is 2.49. The van der Waals surface area contributed by atoms with E-state index in [4.69, 9.17) is 0 Å². The average molecular weight is 268 g/mol. The Balaban J connectivity index is 1.95. The lowest BCUT2D eigenvalue weighted by molar-refractivity contribution is -0.132. The van der Waals surface area contributed by atoms with Gasteiger partial charge in [0.15, 0.2) is 0 Å². The van der Waals surface area contributed by atoms with E-state index in [-0.39, 0.29) is 0 Å². The molecule has 0 atom stereocenters. The number of carbonyl (C=O) groups is 2. The number of anilines is 2. The van der Waals surface area contributed by atoms with Crippen LogP contribution in [-0.4, -0.2) is 11.8 Å².